The number of guanidine groups is 1. The van der Waals surface area contributed by atoms with Gasteiger partial charge in [0.25, 0.3) is 0 Å². The van der Waals surface area contributed by atoms with Crippen LogP contribution in [0.25, 0.3) is 0 Å². The van der Waals surface area contributed by atoms with Gasteiger partial charge in [-0.2, -0.15) is 13.2 Å². The minimum absolute atomic E-state index is 0. The largest absolute Gasteiger partial charge is 0.403 e. The third-order valence-corrected chi connectivity index (χ3v) is 6.29. The Morgan fingerprint density at radius 1 is 1.20 bits per heavy atom. The van der Waals surface area contributed by atoms with E-state index < -0.39 is 22.2 Å². The van der Waals surface area contributed by atoms with Crippen LogP contribution in [0.1, 0.15) is 18.1 Å². The molecule has 1 aromatic carbocycles. The summed E-state index contributed by atoms with van der Waals surface area (Å²) in [6, 6.07) is 5.75. The van der Waals surface area contributed by atoms with Crippen molar-refractivity contribution in [1.29, 1.82) is 0 Å². The number of alkyl halides is 3. The third-order valence-electron chi connectivity index (χ3n) is 4.96. The van der Waals surface area contributed by atoms with Crippen molar-refractivity contribution in [2.45, 2.75) is 31.4 Å². The van der Waals surface area contributed by atoms with Gasteiger partial charge in [-0.05, 0) is 25.1 Å². The molecule has 1 saturated heterocycles. The van der Waals surface area contributed by atoms with Gasteiger partial charge in [0.05, 0.1) is 5.75 Å². The maximum absolute atomic E-state index is 12.9. The Morgan fingerprint density at radius 3 is 2.33 bits per heavy atom. The van der Waals surface area contributed by atoms with Crippen molar-refractivity contribution >= 4 is 40.0 Å². The first kappa shape index (κ1) is 26.9. The van der Waals surface area contributed by atoms with Crippen LogP contribution in [0.5, 0.6) is 0 Å². The molecule has 2 N–H and O–H groups in total. The summed E-state index contributed by atoms with van der Waals surface area (Å²) < 4.78 is 64.4. The van der Waals surface area contributed by atoms with Crippen LogP contribution in [-0.4, -0.2) is 76.7 Å². The summed E-state index contributed by atoms with van der Waals surface area (Å²) in [6.45, 7) is 3.11. The van der Waals surface area contributed by atoms with E-state index in [9.17, 15) is 21.6 Å². The molecule has 0 aromatic heterocycles. The van der Waals surface area contributed by atoms with Crippen molar-refractivity contribution in [3.05, 3.63) is 35.4 Å². The fourth-order valence-corrected chi connectivity index (χ4v) is 3.93. The number of sulfonamides is 1. The van der Waals surface area contributed by atoms with E-state index in [1.165, 1.54) is 18.9 Å². The van der Waals surface area contributed by atoms with Crippen LogP contribution < -0.4 is 10.0 Å². The second kappa shape index (κ2) is 11.5. The zero-order valence-corrected chi connectivity index (χ0v) is 20.4. The first-order valence-electron chi connectivity index (χ1n) is 9.31. The summed E-state index contributed by atoms with van der Waals surface area (Å²) in [5.74, 6) is 0.503. The van der Waals surface area contributed by atoms with Crippen LogP contribution in [-0.2, 0) is 22.3 Å². The Labute approximate surface area is 193 Å². The predicted octanol–water partition coefficient (Wildman–Crippen LogP) is 2.00. The maximum atomic E-state index is 12.9. The summed E-state index contributed by atoms with van der Waals surface area (Å²) in [4.78, 5) is 7.58. The van der Waals surface area contributed by atoms with Crippen molar-refractivity contribution in [3.8, 4) is 0 Å². The highest BCUT2D eigenvalue weighted by Crippen LogP contribution is 2.25. The molecular formula is C18H29F3IN5O2S. The Hall–Kier alpha value is -1.12. The topological polar surface area (TPSA) is 77.0 Å². The van der Waals surface area contributed by atoms with Crippen LogP contribution in [0.15, 0.2) is 29.3 Å². The molecule has 0 saturated carbocycles. The van der Waals surface area contributed by atoms with E-state index in [0.29, 0.717) is 44.2 Å². The van der Waals surface area contributed by atoms with Crippen molar-refractivity contribution < 1.29 is 21.6 Å². The second-order valence-electron chi connectivity index (χ2n) is 6.92. The van der Waals surface area contributed by atoms with Crippen molar-refractivity contribution in [2.24, 2.45) is 4.99 Å². The minimum atomic E-state index is -4.23. The molecule has 1 unspecified atom stereocenters. The molecule has 0 bridgehead atoms. The fraction of sp³-hybridized carbons (Fsp3) is 0.611. The van der Waals surface area contributed by atoms with Gasteiger partial charge in [0, 0.05) is 39.8 Å². The van der Waals surface area contributed by atoms with E-state index in [1.807, 2.05) is 11.0 Å². The summed E-state index contributed by atoms with van der Waals surface area (Å²) in [6.07, 6.45) is -4.23. The lowest BCUT2D eigenvalue weighted by Crippen LogP contribution is -2.56. The van der Waals surface area contributed by atoms with Crippen LogP contribution in [0.2, 0.25) is 0 Å². The van der Waals surface area contributed by atoms with E-state index in [1.54, 1.807) is 25.2 Å². The molecule has 1 aliphatic rings. The van der Waals surface area contributed by atoms with Crippen molar-refractivity contribution in [2.75, 3.05) is 40.3 Å². The minimum Gasteiger partial charge on any atom is -0.352 e. The molecule has 12 heteroatoms. The van der Waals surface area contributed by atoms with Gasteiger partial charge in [-0.25, -0.2) is 13.1 Å². The van der Waals surface area contributed by atoms with Gasteiger partial charge in [-0.1, -0.05) is 24.3 Å². The summed E-state index contributed by atoms with van der Waals surface area (Å²) >= 11 is 0. The highest BCUT2D eigenvalue weighted by atomic mass is 127. The standard InChI is InChI=1S/C18H28F3N5O2S.HI/c1-14(18(19,20)21)25-7-9-26(10-8-25)17(22-2)24-12-15-5-4-6-16(11-15)13-29(27,28)23-3;/h4-6,11,14,23H,7-10,12-13H2,1-3H3,(H,22,24);1H. The monoisotopic (exact) mass is 563 g/mol. The first-order valence-corrected chi connectivity index (χ1v) is 11.0. The average molecular weight is 563 g/mol. The maximum Gasteiger partial charge on any atom is 0.403 e. The van der Waals surface area contributed by atoms with Gasteiger partial charge in [-0.15, -0.1) is 24.0 Å². The van der Waals surface area contributed by atoms with Gasteiger partial charge in [0.15, 0.2) is 5.96 Å². The number of benzene rings is 1. The highest BCUT2D eigenvalue weighted by molar-refractivity contribution is 14.0. The van der Waals surface area contributed by atoms with Gasteiger partial charge < -0.3 is 10.2 Å². The first-order chi connectivity index (χ1) is 13.6. The molecule has 0 spiro atoms. The van der Waals surface area contributed by atoms with E-state index in [2.05, 4.69) is 15.0 Å². The molecule has 0 aliphatic carbocycles. The Kier molecular flexibility index (Phi) is 10.3. The van der Waals surface area contributed by atoms with Crippen molar-refractivity contribution in [1.82, 2.24) is 19.8 Å². The number of hydrogen-bond acceptors (Lipinski definition) is 4. The molecule has 1 atom stereocenters. The zero-order valence-electron chi connectivity index (χ0n) is 17.2. The van der Waals surface area contributed by atoms with E-state index in [-0.39, 0.29) is 29.7 Å². The van der Waals surface area contributed by atoms with E-state index in [0.717, 1.165) is 5.56 Å². The lowest BCUT2D eigenvalue weighted by Gasteiger charge is -2.39. The smallest absolute Gasteiger partial charge is 0.352 e. The van der Waals surface area contributed by atoms with Gasteiger partial charge in [0.2, 0.25) is 10.0 Å². The molecule has 2 rings (SSSR count). The quantitative estimate of drug-likeness (QED) is 0.315. The molecule has 172 valence electrons. The number of piperazine rings is 1. The Balaban J connectivity index is 0.00000450. The molecular weight excluding hydrogens is 534 g/mol. The molecule has 1 aromatic rings. The number of nitrogens with one attached hydrogen (secondary N) is 2. The van der Waals surface area contributed by atoms with E-state index in [4.69, 9.17) is 0 Å². The van der Waals surface area contributed by atoms with Crippen LogP contribution in [0.3, 0.4) is 0 Å². The average Bonchev–Trinajstić information content (AvgIpc) is 2.67. The van der Waals surface area contributed by atoms with Crippen LogP contribution in [0, 0.1) is 0 Å². The lowest BCUT2D eigenvalue weighted by atomic mass is 10.1. The molecule has 1 fully saturated rings. The van der Waals surface area contributed by atoms with Gasteiger partial charge in [-0.3, -0.25) is 9.89 Å². The van der Waals surface area contributed by atoms with E-state index >= 15 is 0 Å². The molecule has 7 nitrogen and oxygen atoms in total. The van der Waals surface area contributed by atoms with Crippen LogP contribution in [0.4, 0.5) is 13.2 Å². The summed E-state index contributed by atoms with van der Waals surface area (Å²) in [5.41, 5.74) is 1.56. The Morgan fingerprint density at radius 2 is 1.80 bits per heavy atom. The number of hydrogen-bond donors (Lipinski definition) is 2. The molecule has 0 radical (unpaired) electrons. The molecule has 0 amide bonds. The van der Waals surface area contributed by atoms with Gasteiger partial charge >= 0.3 is 6.18 Å². The Bertz CT molecular complexity index is 812. The third kappa shape index (κ3) is 7.85. The SMILES string of the molecule is CN=C(NCc1cccc(CS(=O)(=O)NC)c1)N1CCN(C(C)C(F)(F)F)CC1.I. The number of nitrogens with zero attached hydrogens (tertiary/aromatic N) is 3. The summed E-state index contributed by atoms with van der Waals surface area (Å²) in [7, 11) is -0.349. The molecule has 1 aliphatic heterocycles. The normalized spacial score (nSPS) is 17.4. The van der Waals surface area contributed by atoms with Gasteiger partial charge in [0.1, 0.15) is 6.04 Å². The second-order valence-corrected chi connectivity index (χ2v) is 8.85. The zero-order chi connectivity index (χ0) is 21.7. The lowest BCUT2D eigenvalue weighted by molar-refractivity contribution is -0.181. The molecule has 1 heterocycles. The number of aliphatic imine (C=N–C) groups is 1. The van der Waals surface area contributed by atoms with Crippen LogP contribution >= 0.6 is 24.0 Å². The molecule has 30 heavy (non-hydrogen) atoms. The summed E-state index contributed by atoms with van der Waals surface area (Å²) in [5, 5.41) is 3.20. The number of halogens is 4. The fourth-order valence-electron chi connectivity index (χ4n) is 3.16. The predicted molar refractivity (Wildman–Crippen MR) is 122 cm³/mol. The number of rotatable bonds is 6. The van der Waals surface area contributed by atoms with Crippen molar-refractivity contribution in [3.63, 3.8) is 0 Å². The highest BCUT2D eigenvalue weighted by Gasteiger charge is 2.41.